The van der Waals surface area contributed by atoms with Crippen LogP contribution in [0, 0.1) is 17.0 Å². The molecule has 3 rings (SSSR count). The van der Waals surface area contributed by atoms with Gasteiger partial charge in [-0.25, -0.2) is 8.78 Å². The highest BCUT2D eigenvalue weighted by Gasteiger charge is 2.12. The summed E-state index contributed by atoms with van der Waals surface area (Å²) in [7, 11) is 0. The van der Waals surface area contributed by atoms with Gasteiger partial charge in [-0.15, -0.1) is 0 Å². The Bertz CT molecular complexity index is 1030. The van der Waals surface area contributed by atoms with Crippen LogP contribution in [-0.2, 0) is 4.79 Å². The van der Waals surface area contributed by atoms with Crippen LogP contribution in [0.15, 0.2) is 60.7 Å². The van der Waals surface area contributed by atoms with E-state index < -0.39 is 17.6 Å². The number of nitrogens with one attached hydrogen (secondary N) is 1. The molecule has 5 heteroatoms. The van der Waals surface area contributed by atoms with Crippen LogP contribution in [0.4, 0.5) is 8.78 Å². The minimum absolute atomic E-state index is 0.0995. The Morgan fingerprint density at radius 3 is 1.93 bits per heavy atom. The minimum Gasteiger partial charge on any atom is -0.427 e. The van der Waals surface area contributed by atoms with Crippen molar-refractivity contribution in [1.82, 2.24) is 0 Å². The van der Waals surface area contributed by atoms with Gasteiger partial charge in [-0.2, -0.15) is 0 Å². The predicted octanol–water partition coefficient (Wildman–Crippen LogP) is 5.61. The van der Waals surface area contributed by atoms with E-state index in [1.165, 1.54) is 25.1 Å². The van der Waals surface area contributed by atoms with Gasteiger partial charge in [-0.05, 0) is 41.8 Å². The van der Waals surface area contributed by atoms with Gasteiger partial charge in [0.05, 0.1) is 0 Å². The van der Waals surface area contributed by atoms with Crippen molar-refractivity contribution in [2.45, 2.75) is 13.8 Å². The number of benzene rings is 3. The van der Waals surface area contributed by atoms with Crippen molar-refractivity contribution in [1.29, 1.82) is 5.41 Å². The van der Waals surface area contributed by atoms with Crippen molar-refractivity contribution in [3.63, 3.8) is 0 Å². The average Bonchev–Trinajstić information content (AvgIpc) is 2.61. The summed E-state index contributed by atoms with van der Waals surface area (Å²) in [5.74, 6) is -1.52. The molecule has 136 valence electrons. The fraction of sp³-hybridized carbons (Fsp3) is 0.0909. The fourth-order valence-electron chi connectivity index (χ4n) is 2.78. The smallest absolute Gasteiger partial charge is 0.308 e. The highest BCUT2D eigenvalue weighted by Crippen LogP contribution is 2.31. The molecular weight excluding hydrogens is 348 g/mol. The average molecular weight is 365 g/mol. The first-order chi connectivity index (χ1) is 12.8. The molecule has 3 nitrogen and oxygen atoms in total. The molecule has 0 heterocycles. The molecule has 0 bridgehead atoms. The third kappa shape index (κ3) is 4.08. The summed E-state index contributed by atoms with van der Waals surface area (Å²) in [5, 5.41) is 7.61. The number of halogens is 2. The van der Waals surface area contributed by atoms with Crippen molar-refractivity contribution < 1.29 is 18.3 Å². The summed E-state index contributed by atoms with van der Waals surface area (Å²) in [6.45, 7) is 2.92. The van der Waals surface area contributed by atoms with E-state index >= 15 is 0 Å². The molecule has 0 amide bonds. The first-order valence-electron chi connectivity index (χ1n) is 8.29. The van der Waals surface area contributed by atoms with Crippen LogP contribution in [0.2, 0.25) is 0 Å². The molecule has 0 radical (unpaired) electrons. The van der Waals surface area contributed by atoms with E-state index in [-0.39, 0.29) is 11.3 Å². The van der Waals surface area contributed by atoms with Crippen LogP contribution in [0.1, 0.15) is 19.4 Å². The first-order valence-corrected chi connectivity index (χ1v) is 8.29. The van der Waals surface area contributed by atoms with E-state index in [1.807, 2.05) is 0 Å². The second kappa shape index (κ2) is 7.50. The summed E-state index contributed by atoms with van der Waals surface area (Å²) in [6, 6.07) is 15.5. The Morgan fingerprint density at radius 2 is 1.37 bits per heavy atom. The van der Waals surface area contributed by atoms with Crippen LogP contribution in [0.3, 0.4) is 0 Å². The van der Waals surface area contributed by atoms with E-state index in [2.05, 4.69) is 0 Å². The van der Waals surface area contributed by atoms with E-state index in [9.17, 15) is 13.6 Å². The quantitative estimate of drug-likeness (QED) is 0.371. The topological polar surface area (TPSA) is 50.1 Å². The molecule has 0 spiro atoms. The number of ether oxygens (including phenoxy) is 1. The zero-order valence-corrected chi connectivity index (χ0v) is 14.8. The molecule has 0 saturated heterocycles. The van der Waals surface area contributed by atoms with E-state index in [1.54, 1.807) is 43.3 Å². The predicted molar refractivity (Wildman–Crippen MR) is 101 cm³/mol. The lowest BCUT2D eigenvalue weighted by Crippen LogP contribution is -2.01. The number of rotatable bonds is 4. The van der Waals surface area contributed by atoms with Gasteiger partial charge < -0.3 is 10.1 Å². The molecule has 0 unspecified atom stereocenters. The van der Waals surface area contributed by atoms with E-state index in [4.69, 9.17) is 10.1 Å². The van der Waals surface area contributed by atoms with Crippen LogP contribution >= 0.6 is 0 Å². The van der Waals surface area contributed by atoms with Crippen molar-refractivity contribution in [2.24, 2.45) is 0 Å². The molecular formula is C22H17F2NO2. The van der Waals surface area contributed by atoms with Crippen LogP contribution in [-0.4, -0.2) is 11.7 Å². The second-order valence-electron chi connectivity index (χ2n) is 6.13. The maximum absolute atomic E-state index is 14.6. The van der Waals surface area contributed by atoms with Crippen LogP contribution in [0.5, 0.6) is 5.75 Å². The summed E-state index contributed by atoms with van der Waals surface area (Å²) < 4.78 is 33.8. The Kier molecular flexibility index (Phi) is 5.12. The van der Waals surface area contributed by atoms with Gasteiger partial charge in [0.1, 0.15) is 17.4 Å². The fourth-order valence-corrected chi connectivity index (χ4v) is 2.78. The third-order valence-corrected chi connectivity index (χ3v) is 4.11. The molecule has 0 saturated carbocycles. The number of hydrogen-bond donors (Lipinski definition) is 1. The Labute approximate surface area is 155 Å². The maximum atomic E-state index is 14.6. The SMILES string of the molecule is CC(=N)c1ccc(-c2ccc(-c3ccc(OC(C)=O)cc3F)cc2F)cc1. The Balaban J connectivity index is 1.93. The standard InChI is InChI=1S/C22H17F2NO2/c1-13(25)15-3-5-16(6-4-15)19-9-7-17(11-21(19)23)20-10-8-18(12-22(20)24)27-14(2)26/h3-12,25H,1-2H3. The van der Waals surface area contributed by atoms with Crippen molar-refractivity contribution in [3.8, 4) is 28.0 Å². The van der Waals surface area contributed by atoms with Gasteiger partial charge in [0, 0.05) is 29.8 Å². The lowest BCUT2D eigenvalue weighted by atomic mass is 9.98. The molecule has 3 aromatic rings. The van der Waals surface area contributed by atoms with E-state index in [0.717, 1.165) is 11.6 Å². The van der Waals surface area contributed by atoms with Crippen LogP contribution < -0.4 is 4.74 Å². The van der Waals surface area contributed by atoms with Crippen molar-refractivity contribution in [3.05, 3.63) is 77.9 Å². The lowest BCUT2D eigenvalue weighted by molar-refractivity contribution is -0.131. The zero-order valence-electron chi connectivity index (χ0n) is 14.8. The van der Waals surface area contributed by atoms with E-state index in [0.29, 0.717) is 22.4 Å². The van der Waals surface area contributed by atoms with Crippen molar-refractivity contribution in [2.75, 3.05) is 0 Å². The molecule has 0 fully saturated rings. The Morgan fingerprint density at radius 1 is 0.815 bits per heavy atom. The number of hydrogen-bond acceptors (Lipinski definition) is 3. The molecule has 0 aliphatic carbocycles. The molecule has 0 atom stereocenters. The first kappa shape index (κ1) is 18.5. The molecule has 1 N–H and O–H groups in total. The largest absolute Gasteiger partial charge is 0.427 e. The highest BCUT2D eigenvalue weighted by molar-refractivity contribution is 5.96. The summed E-state index contributed by atoms with van der Waals surface area (Å²) in [6.07, 6.45) is 0. The molecule has 0 aliphatic heterocycles. The molecule has 0 aliphatic rings. The summed E-state index contributed by atoms with van der Waals surface area (Å²) in [4.78, 5) is 10.9. The Hall–Kier alpha value is -3.34. The molecule has 0 aromatic heterocycles. The minimum atomic E-state index is -0.605. The maximum Gasteiger partial charge on any atom is 0.308 e. The lowest BCUT2D eigenvalue weighted by Gasteiger charge is -2.09. The summed E-state index contributed by atoms with van der Waals surface area (Å²) in [5.41, 5.74) is 2.87. The number of carbonyl (C=O) groups excluding carboxylic acids is 1. The highest BCUT2D eigenvalue weighted by atomic mass is 19.1. The van der Waals surface area contributed by atoms with Gasteiger partial charge in [-0.3, -0.25) is 4.79 Å². The summed E-state index contributed by atoms with van der Waals surface area (Å²) >= 11 is 0. The van der Waals surface area contributed by atoms with Gasteiger partial charge in [0.15, 0.2) is 0 Å². The van der Waals surface area contributed by atoms with Gasteiger partial charge >= 0.3 is 5.97 Å². The van der Waals surface area contributed by atoms with Gasteiger partial charge in [0.2, 0.25) is 0 Å². The number of esters is 1. The van der Waals surface area contributed by atoms with Gasteiger partial charge in [-0.1, -0.05) is 36.4 Å². The monoisotopic (exact) mass is 365 g/mol. The van der Waals surface area contributed by atoms with Gasteiger partial charge in [0.25, 0.3) is 0 Å². The normalized spacial score (nSPS) is 10.5. The second-order valence-corrected chi connectivity index (χ2v) is 6.13. The van der Waals surface area contributed by atoms with Crippen molar-refractivity contribution >= 4 is 11.7 Å². The molecule has 3 aromatic carbocycles. The number of carbonyl (C=O) groups is 1. The van der Waals surface area contributed by atoms with Crippen LogP contribution in [0.25, 0.3) is 22.3 Å². The molecule has 27 heavy (non-hydrogen) atoms. The third-order valence-electron chi connectivity index (χ3n) is 4.11. The zero-order chi connectivity index (χ0) is 19.6.